The average molecular weight is 192 g/mol. The molecular formula is C13H20O. The molecule has 0 radical (unpaired) electrons. The van der Waals surface area contributed by atoms with Crippen LogP contribution in [0, 0.1) is 5.41 Å². The summed E-state index contributed by atoms with van der Waals surface area (Å²) in [5.41, 5.74) is 2.41. The van der Waals surface area contributed by atoms with Gasteiger partial charge in [-0.1, -0.05) is 43.7 Å². The van der Waals surface area contributed by atoms with Crippen LogP contribution in [0.5, 0.6) is 0 Å². The monoisotopic (exact) mass is 192 g/mol. The topological polar surface area (TPSA) is 20.2 Å². The van der Waals surface area contributed by atoms with E-state index >= 15 is 0 Å². The molecule has 0 aromatic carbocycles. The Bertz CT molecular complexity index is 292. The van der Waals surface area contributed by atoms with Gasteiger partial charge in [-0.15, -0.1) is 0 Å². The van der Waals surface area contributed by atoms with Crippen molar-refractivity contribution in [1.29, 1.82) is 0 Å². The van der Waals surface area contributed by atoms with Crippen LogP contribution < -0.4 is 0 Å². The molecule has 0 bridgehead atoms. The molecule has 1 aliphatic carbocycles. The molecule has 0 spiro atoms. The summed E-state index contributed by atoms with van der Waals surface area (Å²) in [6, 6.07) is 0. The van der Waals surface area contributed by atoms with Crippen molar-refractivity contribution in [3.8, 4) is 0 Å². The smallest absolute Gasteiger partial charge is 0.0666 e. The molecule has 1 unspecified atom stereocenters. The van der Waals surface area contributed by atoms with E-state index in [2.05, 4.69) is 32.9 Å². The summed E-state index contributed by atoms with van der Waals surface area (Å²) >= 11 is 0. The largest absolute Gasteiger partial charge is 0.392 e. The van der Waals surface area contributed by atoms with Crippen molar-refractivity contribution in [2.45, 2.75) is 40.2 Å². The molecule has 0 saturated carbocycles. The zero-order chi connectivity index (χ0) is 10.8. The summed E-state index contributed by atoms with van der Waals surface area (Å²) in [6.07, 6.45) is 8.78. The molecule has 0 aliphatic heterocycles. The van der Waals surface area contributed by atoms with Gasteiger partial charge in [0.05, 0.1) is 6.10 Å². The second kappa shape index (κ2) is 4.14. The number of hydrogen-bond donors (Lipinski definition) is 1. The fourth-order valence-corrected chi connectivity index (χ4v) is 1.92. The Morgan fingerprint density at radius 1 is 1.50 bits per heavy atom. The second-order valence-corrected chi connectivity index (χ2v) is 4.47. The van der Waals surface area contributed by atoms with E-state index in [-0.39, 0.29) is 11.5 Å². The molecule has 0 fully saturated rings. The molecule has 0 heterocycles. The van der Waals surface area contributed by atoms with Crippen LogP contribution >= 0.6 is 0 Å². The summed E-state index contributed by atoms with van der Waals surface area (Å²) in [4.78, 5) is 0. The van der Waals surface area contributed by atoms with Crippen molar-refractivity contribution in [1.82, 2.24) is 0 Å². The molecule has 14 heavy (non-hydrogen) atoms. The van der Waals surface area contributed by atoms with Crippen LogP contribution in [-0.2, 0) is 0 Å². The molecule has 1 aliphatic rings. The Morgan fingerprint density at radius 3 is 2.71 bits per heavy atom. The Balaban J connectivity index is 3.10. The first kappa shape index (κ1) is 11.3. The Kier molecular flexibility index (Phi) is 3.33. The van der Waals surface area contributed by atoms with E-state index in [1.54, 1.807) is 0 Å². The van der Waals surface area contributed by atoms with Gasteiger partial charge in [0.2, 0.25) is 0 Å². The van der Waals surface area contributed by atoms with E-state index in [9.17, 15) is 5.11 Å². The molecule has 0 amide bonds. The summed E-state index contributed by atoms with van der Waals surface area (Å²) in [5.74, 6) is 0. The molecule has 1 rings (SSSR count). The van der Waals surface area contributed by atoms with Crippen LogP contribution in [0.2, 0.25) is 0 Å². The lowest BCUT2D eigenvalue weighted by Crippen LogP contribution is -2.34. The lowest BCUT2D eigenvalue weighted by molar-refractivity contribution is 0.0738. The first-order valence-corrected chi connectivity index (χ1v) is 5.18. The molecule has 1 N–H and O–H groups in total. The molecular weight excluding hydrogens is 172 g/mol. The van der Waals surface area contributed by atoms with Crippen molar-refractivity contribution in [2.75, 3.05) is 0 Å². The fourth-order valence-electron chi connectivity index (χ4n) is 1.92. The van der Waals surface area contributed by atoms with Gasteiger partial charge in [0.15, 0.2) is 0 Å². The van der Waals surface area contributed by atoms with Crippen molar-refractivity contribution in [3.63, 3.8) is 0 Å². The zero-order valence-electron chi connectivity index (χ0n) is 9.54. The van der Waals surface area contributed by atoms with Crippen LogP contribution in [0.4, 0.5) is 0 Å². The number of hydrogen-bond acceptors (Lipinski definition) is 1. The number of aliphatic hydroxyl groups is 1. The van der Waals surface area contributed by atoms with E-state index in [0.29, 0.717) is 0 Å². The Labute approximate surface area is 86.8 Å². The number of aliphatic hydroxyl groups excluding tert-OH is 1. The van der Waals surface area contributed by atoms with Gasteiger partial charge >= 0.3 is 0 Å². The second-order valence-electron chi connectivity index (χ2n) is 4.47. The quantitative estimate of drug-likeness (QED) is 0.676. The van der Waals surface area contributed by atoms with E-state index in [4.69, 9.17) is 0 Å². The van der Waals surface area contributed by atoms with E-state index < -0.39 is 0 Å². The minimum atomic E-state index is -0.261. The maximum atomic E-state index is 9.91. The van der Waals surface area contributed by atoms with Crippen LogP contribution in [0.1, 0.15) is 34.1 Å². The standard InChI is InChI=1S/C13H20O/c1-5-6-7-11-10(2)8-9-12(14)13(11,3)4/h5-8,12,14H,9H2,1-4H3/b6-5+,11-7-. The van der Waals surface area contributed by atoms with Gasteiger partial charge < -0.3 is 5.11 Å². The lowest BCUT2D eigenvalue weighted by atomic mass is 9.71. The predicted molar refractivity (Wildman–Crippen MR) is 61.1 cm³/mol. The fraction of sp³-hybridized carbons (Fsp3) is 0.538. The first-order chi connectivity index (χ1) is 6.50. The van der Waals surface area contributed by atoms with Gasteiger partial charge in [0, 0.05) is 5.41 Å². The van der Waals surface area contributed by atoms with Gasteiger partial charge in [0.25, 0.3) is 0 Å². The summed E-state index contributed by atoms with van der Waals surface area (Å²) in [5, 5.41) is 9.91. The zero-order valence-corrected chi connectivity index (χ0v) is 9.54. The highest BCUT2D eigenvalue weighted by atomic mass is 16.3. The first-order valence-electron chi connectivity index (χ1n) is 5.18. The minimum Gasteiger partial charge on any atom is -0.392 e. The summed E-state index contributed by atoms with van der Waals surface area (Å²) in [6.45, 7) is 8.32. The molecule has 1 atom stereocenters. The van der Waals surface area contributed by atoms with Crippen molar-refractivity contribution >= 4 is 0 Å². The third-order valence-electron chi connectivity index (χ3n) is 3.05. The van der Waals surface area contributed by atoms with Gasteiger partial charge in [0.1, 0.15) is 0 Å². The molecule has 78 valence electrons. The summed E-state index contributed by atoms with van der Waals surface area (Å²) in [7, 11) is 0. The maximum absolute atomic E-state index is 9.91. The predicted octanol–water partition coefficient (Wildman–Crippen LogP) is 3.23. The van der Waals surface area contributed by atoms with Crippen molar-refractivity contribution in [3.05, 3.63) is 35.5 Å². The van der Waals surface area contributed by atoms with Crippen molar-refractivity contribution in [2.24, 2.45) is 5.41 Å². The molecule has 1 heteroatoms. The van der Waals surface area contributed by atoms with Gasteiger partial charge in [-0.3, -0.25) is 0 Å². The minimum absolute atomic E-state index is 0.127. The average Bonchev–Trinajstić information content (AvgIpc) is 2.12. The molecule has 0 aromatic heterocycles. The highest BCUT2D eigenvalue weighted by Gasteiger charge is 2.34. The third-order valence-corrected chi connectivity index (χ3v) is 3.05. The number of allylic oxidation sites excluding steroid dienone is 4. The normalized spacial score (nSPS) is 29.6. The van der Waals surface area contributed by atoms with E-state index in [1.807, 2.05) is 19.1 Å². The SMILES string of the molecule is C/C=C/C=C1/C(C)=CCC(O)C1(C)C. The molecule has 0 aromatic rings. The Morgan fingerprint density at radius 2 is 2.14 bits per heavy atom. The summed E-state index contributed by atoms with van der Waals surface area (Å²) < 4.78 is 0. The van der Waals surface area contributed by atoms with Gasteiger partial charge in [-0.2, -0.15) is 0 Å². The molecule has 1 nitrogen and oxygen atoms in total. The maximum Gasteiger partial charge on any atom is 0.0666 e. The Hall–Kier alpha value is -0.820. The van der Waals surface area contributed by atoms with Gasteiger partial charge in [-0.05, 0) is 25.8 Å². The highest BCUT2D eigenvalue weighted by Crippen LogP contribution is 2.40. The highest BCUT2D eigenvalue weighted by molar-refractivity contribution is 5.40. The van der Waals surface area contributed by atoms with E-state index in [0.717, 1.165) is 6.42 Å². The van der Waals surface area contributed by atoms with Crippen molar-refractivity contribution < 1.29 is 5.11 Å². The lowest BCUT2D eigenvalue weighted by Gasteiger charge is -2.37. The third kappa shape index (κ3) is 1.98. The number of rotatable bonds is 1. The van der Waals surface area contributed by atoms with Crippen LogP contribution in [0.15, 0.2) is 35.5 Å². The molecule has 0 saturated heterocycles. The van der Waals surface area contributed by atoms with Crippen LogP contribution in [0.25, 0.3) is 0 Å². The van der Waals surface area contributed by atoms with Crippen LogP contribution in [-0.4, -0.2) is 11.2 Å². The van der Waals surface area contributed by atoms with Crippen LogP contribution in [0.3, 0.4) is 0 Å². The van der Waals surface area contributed by atoms with Gasteiger partial charge in [-0.25, -0.2) is 0 Å². The van der Waals surface area contributed by atoms with E-state index in [1.165, 1.54) is 11.1 Å².